The Hall–Kier alpha value is -3.75. The number of rotatable bonds is 8. The van der Waals surface area contributed by atoms with E-state index in [-0.39, 0.29) is 23.3 Å². The minimum absolute atomic E-state index is 0.00180. The van der Waals surface area contributed by atoms with Crippen molar-refractivity contribution in [2.45, 2.75) is 20.8 Å². The fraction of sp³-hybridized carbons (Fsp3) is 0.250. The van der Waals surface area contributed by atoms with Crippen LogP contribution in [0.5, 0.6) is 5.75 Å². The van der Waals surface area contributed by atoms with Crippen molar-refractivity contribution in [3.8, 4) is 5.75 Å². The first-order valence-electron chi connectivity index (χ1n) is 8.88. The molecule has 2 aromatic rings. The van der Waals surface area contributed by atoms with Gasteiger partial charge in [0.1, 0.15) is 0 Å². The van der Waals surface area contributed by atoms with Gasteiger partial charge in [0.15, 0.2) is 12.4 Å². The van der Waals surface area contributed by atoms with E-state index in [0.717, 1.165) is 0 Å². The largest absolute Gasteiger partial charge is 0.477 e. The third-order valence-corrected chi connectivity index (χ3v) is 3.84. The molecule has 0 fully saturated rings. The molecule has 0 aromatic heterocycles. The molecule has 0 heterocycles. The van der Waals surface area contributed by atoms with Crippen LogP contribution in [0.15, 0.2) is 53.6 Å². The number of nitro groups is 1. The molecule has 0 saturated heterocycles. The van der Waals surface area contributed by atoms with Crippen LogP contribution < -0.4 is 15.5 Å². The number of ether oxygens (including phenoxy) is 1. The standard InChI is InChI=1S/C20H22N4O5/c1-13(2)20(26)21-16-8-6-7-15(11-16)14(3)22-23-19(25)12-29-18-10-5-4-9-17(18)24(27)28/h4-11,13H,12H2,1-3H3,(H,21,26)(H,23,25)/b22-14-. The summed E-state index contributed by atoms with van der Waals surface area (Å²) in [6.45, 7) is 4.87. The number of carbonyl (C=O) groups is 2. The quantitative estimate of drug-likeness (QED) is 0.402. The molecule has 152 valence electrons. The lowest BCUT2D eigenvalue weighted by Gasteiger charge is -2.09. The van der Waals surface area contributed by atoms with E-state index in [9.17, 15) is 19.7 Å². The number of benzene rings is 2. The first-order chi connectivity index (χ1) is 13.8. The van der Waals surface area contributed by atoms with Gasteiger partial charge in [0.25, 0.3) is 5.91 Å². The van der Waals surface area contributed by atoms with Gasteiger partial charge < -0.3 is 10.1 Å². The average molecular weight is 398 g/mol. The van der Waals surface area contributed by atoms with Gasteiger partial charge in [-0.3, -0.25) is 19.7 Å². The molecule has 0 saturated carbocycles. The number of nitrogens with zero attached hydrogens (tertiary/aromatic N) is 2. The highest BCUT2D eigenvalue weighted by molar-refractivity contribution is 6.01. The van der Waals surface area contributed by atoms with Crippen molar-refractivity contribution in [3.05, 3.63) is 64.2 Å². The first kappa shape index (κ1) is 21.5. The maximum atomic E-state index is 12.0. The lowest BCUT2D eigenvalue weighted by Crippen LogP contribution is -2.25. The van der Waals surface area contributed by atoms with Crippen LogP contribution in [0, 0.1) is 16.0 Å². The molecular formula is C20H22N4O5. The van der Waals surface area contributed by atoms with Crippen LogP contribution in [0.25, 0.3) is 0 Å². The molecule has 0 bridgehead atoms. The molecule has 2 amide bonds. The lowest BCUT2D eigenvalue weighted by molar-refractivity contribution is -0.385. The second-order valence-corrected chi connectivity index (χ2v) is 6.47. The first-order valence-corrected chi connectivity index (χ1v) is 8.88. The fourth-order valence-electron chi connectivity index (χ4n) is 2.22. The zero-order valence-electron chi connectivity index (χ0n) is 16.3. The van der Waals surface area contributed by atoms with Crippen molar-refractivity contribution in [1.29, 1.82) is 0 Å². The molecule has 0 spiro atoms. The van der Waals surface area contributed by atoms with Crippen LogP contribution in [0.3, 0.4) is 0 Å². The number of hydrogen-bond acceptors (Lipinski definition) is 6. The third-order valence-electron chi connectivity index (χ3n) is 3.84. The number of anilines is 1. The number of hydrogen-bond donors (Lipinski definition) is 2. The molecule has 0 radical (unpaired) electrons. The highest BCUT2D eigenvalue weighted by Crippen LogP contribution is 2.25. The average Bonchev–Trinajstić information content (AvgIpc) is 2.70. The molecular weight excluding hydrogens is 376 g/mol. The minimum atomic E-state index is -0.583. The summed E-state index contributed by atoms with van der Waals surface area (Å²) in [5.74, 6) is -0.806. The van der Waals surface area contributed by atoms with Crippen molar-refractivity contribution >= 4 is 28.9 Å². The van der Waals surface area contributed by atoms with Crippen LogP contribution in [-0.4, -0.2) is 29.1 Å². The van der Waals surface area contributed by atoms with Gasteiger partial charge in [-0.15, -0.1) is 0 Å². The van der Waals surface area contributed by atoms with Crippen LogP contribution >= 0.6 is 0 Å². The molecule has 2 N–H and O–H groups in total. The van der Waals surface area contributed by atoms with E-state index in [1.165, 1.54) is 18.2 Å². The van der Waals surface area contributed by atoms with Crippen molar-refractivity contribution in [2.75, 3.05) is 11.9 Å². The predicted molar refractivity (Wildman–Crippen MR) is 109 cm³/mol. The molecule has 9 heteroatoms. The van der Waals surface area contributed by atoms with E-state index in [2.05, 4.69) is 15.8 Å². The van der Waals surface area contributed by atoms with Gasteiger partial charge in [-0.2, -0.15) is 5.10 Å². The molecule has 0 aliphatic heterocycles. The van der Waals surface area contributed by atoms with Gasteiger partial charge >= 0.3 is 5.69 Å². The topological polar surface area (TPSA) is 123 Å². The number of nitrogens with one attached hydrogen (secondary N) is 2. The van der Waals surface area contributed by atoms with Crippen LogP contribution in [0.1, 0.15) is 26.3 Å². The van der Waals surface area contributed by atoms with Gasteiger partial charge in [0, 0.05) is 17.7 Å². The van der Waals surface area contributed by atoms with Crippen LogP contribution in [0.4, 0.5) is 11.4 Å². The number of amides is 2. The second-order valence-electron chi connectivity index (χ2n) is 6.47. The second kappa shape index (κ2) is 9.98. The Kier molecular flexibility index (Phi) is 7.41. The highest BCUT2D eigenvalue weighted by atomic mass is 16.6. The molecule has 2 aromatic carbocycles. The van der Waals surface area contributed by atoms with Crippen molar-refractivity contribution in [2.24, 2.45) is 11.0 Å². The maximum absolute atomic E-state index is 12.0. The monoisotopic (exact) mass is 398 g/mol. The molecule has 0 aliphatic carbocycles. The van der Waals surface area contributed by atoms with Gasteiger partial charge in [-0.05, 0) is 30.7 Å². The fourth-order valence-corrected chi connectivity index (χ4v) is 2.22. The van der Waals surface area contributed by atoms with E-state index >= 15 is 0 Å². The highest BCUT2D eigenvalue weighted by Gasteiger charge is 2.15. The maximum Gasteiger partial charge on any atom is 0.310 e. The Bertz CT molecular complexity index is 940. The molecule has 9 nitrogen and oxygen atoms in total. The molecule has 2 rings (SSSR count). The van der Waals surface area contributed by atoms with Crippen molar-refractivity contribution < 1.29 is 19.2 Å². The molecule has 0 atom stereocenters. The van der Waals surface area contributed by atoms with Crippen molar-refractivity contribution in [3.63, 3.8) is 0 Å². The summed E-state index contributed by atoms with van der Waals surface area (Å²) >= 11 is 0. The number of carbonyl (C=O) groups excluding carboxylic acids is 2. The van der Waals surface area contributed by atoms with Gasteiger partial charge in [-0.25, -0.2) is 5.43 Å². The minimum Gasteiger partial charge on any atom is -0.477 e. The Labute approximate surface area is 167 Å². The van der Waals surface area contributed by atoms with E-state index in [0.29, 0.717) is 17.0 Å². The molecule has 0 unspecified atom stereocenters. The smallest absolute Gasteiger partial charge is 0.310 e. The SMILES string of the molecule is C/C(=N/NC(=O)COc1ccccc1[N+](=O)[O-])c1cccc(NC(=O)C(C)C)c1. The molecule has 0 aliphatic rings. The number of para-hydroxylation sites is 2. The number of hydrazone groups is 1. The van der Waals surface area contributed by atoms with E-state index < -0.39 is 17.4 Å². The summed E-state index contributed by atoms with van der Waals surface area (Å²) in [7, 11) is 0. The Morgan fingerprint density at radius 2 is 1.90 bits per heavy atom. The lowest BCUT2D eigenvalue weighted by atomic mass is 10.1. The summed E-state index contributed by atoms with van der Waals surface area (Å²) in [5, 5.41) is 17.8. The zero-order valence-corrected chi connectivity index (χ0v) is 16.3. The zero-order chi connectivity index (χ0) is 21.4. The van der Waals surface area contributed by atoms with Crippen LogP contribution in [-0.2, 0) is 9.59 Å². The summed E-state index contributed by atoms with van der Waals surface area (Å²) in [4.78, 5) is 34.1. The summed E-state index contributed by atoms with van der Waals surface area (Å²) in [5.41, 5.74) is 3.98. The Morgan fingerprint density at radius 1 is 1.17 bits per heavy atom. The Morgan fingerprint density at radius 3 is 2.59 bits per heavy atom. The normalized spacial score (nSPS) is 11.1. The van der Waals surface area contributed by atoms with E-state index in [1.54, 1.807) is 51.1 Å². The summed E-state index contributed by atoms with van der Waals surface area (Å²) < 4.78 is 5.21. The Balaban J connectivity index is 1.96. The van der Waals surface area contributed by atoms with Gasteiger partial charge in [0.2, 0.25) is 5.91 Å². The number of nitro benzene ring substituents is 1. The van der Waals surface area contributed by atoms with Gasteiger partial charge in [-0.1, -0.05) is 38.1 Å². The van der Waals surface area contributed by atoms with E-state index in [4.69, 9.17) is 4.74 Å². The third kappa shape index (κ3) is 6.42. The van der Waals surface area contributed by atoms with E-state index in [1.807, 2.05) is 0 Å². The predicted octanol–water partition coefficient (Wildman–Crippen LogP) is 3.11. The molecule has 29 heavy (non-hydrogen) atoms. The summed E-state index contributed by atoms with van der Waals surface area (Å²) in [6.07, 6.45) is 0. The van der Waals surface area contributed by atoms with Crippen LogP contribution in [0.2, 0.25) is 0 Å². The van der Waals surface area contributed by atoms with Gasteiger partial charge in [0.05, 0.1) is 10.6 Å². The summed E-state index contributed by atoms with van der Waals surface area (Å²) in [6, 6.07) is 12.9. The van der Waals surface area contributed by atoms with Crippen molar-refractivity contribution in [1.82, 2.24) is 5.43 Å².